The van der Waals surface area contributed by atoms with Crippen molar-refractivity contribution in [2.75, 3.05) is 11.6 Å². The second-order valence-corrected chi connectivity index (χ2v) is 9.08. The number of hydrogen-bond donors (Lipinski definition) is 3. The maximum absolute atomic E-state index is 13.2. The summed E-state index contributed by atoms with van der Waals surface area (Å²) in [5.41, 5.74) is 3.56. The Morgan fingerprint density at radius 2 is 1.74 bits per heavy atom. The summed E-state index contributed by atoms with van der Waals surface area (Å²) < 4.78 is 13.2. The first kappa shape index (κ1) is 25.7. The molecule has 5 rings (SSSR count). The molecule has 0 spiro atoms. The van der Waals surface area contributed by atoms with E-state index in [0.29, 0.717) is 47.0 Å². The van der Waals surface area contributed by atoms with E-state index in [9.17, 15) is 14.0 Å². The van der Waals surface area contributed by atoms with Crippen LogP contribution in [0, 0.1) is 5.82 Å². The van der Waals surface area contributed by atoms with Crippen LogP contribution in [0.4, 0.5) is 10.1 Å². The molecule has 0 aliphatic carbocycles. The normalized spacial score (nSPS) is 10.9. The first-order valence-corrected chi connectivity index (χ1v) is 12.6. The van der Waals surface area contributed by atoms with Gasteiger partial charge >= 0.3 is 0 Å². The number of halogens is 1. The lowest BCUT2D eigenvalue weighted by Crippen LogP contribution is -2.37. The van der Waals surface area contributed by atoms with Crippen molar-refractivity contribution in [3.63, 3.8) is 0 Å². The van der Waals surface area contributed by atoms with Crippen molar-refractivity contribution in [3.05, 3.63) is 102 Å². The highest BCUT2D eigenvalue weighted by molar-refractivity contribution is 5.99. The number of aromatic nitrogens is 3. The summed E-state index contributed by atoms with van der Waals surface area (Å²) in [6.07, 6.45) is 4.20. The summed E-state index contributed by atoms with van der Waals surface area (Å²) in [6, 6.07) is 21.0. The molecule has 0 fully saturated rings. The predicted molar refractivity (Wildman–Crippen MR) is 149 cm³/mol. The molecule has 0 unspecified atom stereocenters. The fraction of sp³-hybridized carbons (Fsp3) is 0.133. The van der Waals surface area contributed by atoms with Crippen molar-refractivity contribution in [3.8, 4) is 22.8 Å². The van der Waals surface area contributed by atoms with E-state index in [2.05, 4.69) is 20.3 Å². The molecule has 0 atom stereocenters. The van der Waals surface area contributed by atoms with Gasteiger partial charge in [0.25, 0.3) is 5.91 Å². The summed E-state index contributed by atoms with van der Waals surface area (Å²) >= 11 is 0. The number of hydrogen-bond acceptors (Lipinski definition) is 5. The van der Waals surface area contributed by atoms with Gasteiger partial charge in [-0.3, -0.25) is 14.6 Å². The van der Waals surface area contributed by atoms with Gasteiger partial charge in [0, 0.05) is 35.7 Å². The second kappa shape index (κ2) is 11.2. The topological polar surface area (TPSA) is 117 Å². The molecule has 2 amide bonds. The number of nitrogens with two attached hydrogens (primary N) is 1. The van der Waals surface area contributed by atoms with Crippen molar-refractivity contribution in [2.24, 2.45) is 5.84 Å². The number of aromatic amines is 1. The smallest absolute Gasteiger partial charge is 0.251 e. The minimum atomic E-state index is -0.325. The van der Waals surface area contributed by atoms with Gasteiger partial charge in [-0.1, -0.05) is 43.3 Å². The molecular weight excluding hydrogens is 495 g/mol. The minimum absolute atomic E-state index is 0.210. The molecule has 0 bridgehead atoms. The van der Waals surface area contributed by atoms with Gasteiger partial charge in [0.05, 0.1) is 17.6 Å². The van der Waals surface area contributed by atoms with Crippen LogP contribution in [0.5, 0.6) is 0 Å². The summed E-state index contributed by atoms with van der Waals surface area (Å²) in [7, 11) is 0. The summed E-state index contributed by atoms with van der Waals surface area (Å²) in [6.45, 7) is 2.07. The van der Waals surface area contributed by atoms with Crippen LogP contribution in [-0.2, 0) is 11.2 Å². The monoisotopic (exact) mass is 522 g/mol. The Hall–Kier alpha value is -4.89. The number of fused-ring (bicyclic) bond motifs is 1. The molecule has 0 saturated carbocycles. The van der Waals surface area contributed by atoms with Gasteiger partial charge < -0.3 is 10.3 Å². The Bertz CT molecular complexity index is 1650. The predicted octanol–water partition coefficient (Wildman–Crippen LogP) is 5.02. The number of hydrazine groups is 1. The largest absolute Gasteiger partial charge is 0.352 e. The van der Waals surface area contributed by atoms with Gasteiger partial charge in [-0.25, -0.2) is 20.2 Å². The zero-order chi connectivity index (χ0) is 27.4. The summed E-state index contributed by atoms with van der Waals surface area (Å²) in [4.78, 5) is 37.7. The molecule has 0 radical (unpaired) electrons. The average Bonchev–Trinajstić information content (AvgIpc) is 3.47. The molecule has 39 heavy (non-hydrogen) atoms. The Morgan fingerprint density at radius 1 is 0.974 bits per heavy atom. The third-order valence-corrected chi connectivity index (χ3v) is 6.40. The SMILES string of the molecule is CCC(=O)N(N)c1cc(C(=O)NCCc2ccc(F)cc2)cc(-c2cnc(-c3cc4ccccc4cn3)[nH]2)c1. The van der Waals surface area contributed by atoms with E-state index < -0.39 is 0 Å². The fourth-order valence-electron chi connectivity index (χ4n) is 4.24. The van der Waals surface area contributed by atoms with Crippen LogP contribution >= 0.6 is 0 Å². The van der Waals surface area contributed by atoms with Crippen molar-refractivity contribution in [1.82, 2.24) is 20.3 Å². The molecular formula is C30H27FN6O2. The fourth-order valence-corrected chi connectivity index (χ4v) is 4.24. The lowest BCUT2D eigenvalue weighted by Gasteiger charge is -2.18. The van der Waals surface area contributed by atoms with E-state index in [1.807, 2.05) is 30.3 Å². The number of benzene rings is 3. The van der Waals surface area contributed by atoms with Crippen molar-refractivity contribution in [1.29, 1.82) is 0 Å². The Balaban J connectivity index is 1.42. The van der Waals surface area contributed by atoms with Crippen molar-refractivity contribution in [2.45, 2.75) is 19.8 Å². The molecule has 5 aromatic rings. The van der Waals surface area contributed by atoms with Crippen LogP contribution in [0.3, 0.4) is 0 Å². The Kier molecular flexibility index (Phi) is 7.42. The molecule has 8 nitrogen and oxygen atoms in total. The van der Waals surface area contributed by atoms with Gasteiger partial charge in [0.1, 0.15) is 11.5 Å². The maximum atomic E-state index is 13.2. The molecule has 0 aliphatic heterocycles. The number of nitrogens with one attached hydrogen (secondary N) is 2. The van der Waals surface area contributed by atoms with Gasteiger partial charge in [-0.05, 0) is 53.8 Å². The highest BCUT2D eigenvalue weighted by Gasteiger charge is 2.17. The number of pyridine rings is 1. The van der Waals surface area contributed by atoms with Crippen LogP contribution < -0.4 is 16.2 Å². The van der Waals surface area contributed by atoms with Gasteiger partial charge in [0.2, 0.25) is 5.91 Å². The van der Waals surface area contributed by atoms with Gasteiger partial charge in [0.15, 0.2) is 5.82 Å². The molecule has 4 N–H and O–H groups in total. The number of nitrogens with zero attached hydrogens (tertiary/aromatic N) is 3. The number of H-pyrrole nitrogens is 1. The highest BCUT2D eigenvalue weighted by atomic mass is 19.1. The first-order valence-electron chi connectivity index (χ1n) is 12.6. The summed E-state index contributed by atoms with van der Waals surface area (Å²) in [5, 5.41) is 6.00. The van der Waals surface area contributed by atoms with E-state index in [1.165, 1.54) is 12.1 Å². The Labute approximate surface area is 224 Å². The number of carbonyl (C=O) groups excluding carboxylic acids is 2. The quantitative estimate of drug-likeness (QED) is 0.150. The zero-order valence-electron chi connectivity index (χ0n) is 21.3. The standard InChI is InChI=1S/C30H27FN6O2/c1-2-28(38)37(32)25-14-22(13-23(15-25)30(39)33-12-11-19-7-9-24(31)10-8-19)27-18-35-29(36-27)26-16-20-5-3-4-6-21(20)17-34-26/h3-10,13-18H,2,11-12,32H2,1H3,(H,33,39)(H,35,36). The van der Waals surface area contributed by atoms with E-state index >= 15 is 0 Å². The third-order valence-electron chi connectivity index (χ3n) is 6.40. The van der Waals surface area contributed by atoms with E-state index in [0.717, 1.165) is 21.3 Å². The second-order valence-electron chi connectivity index (χ2n) is 9.08. The number of imidazole rings is 1. The van der Waals surface area contributed by atoms with Crippen molar-refractivity contribution < 1.29 is 14.0 Å². The Morgan fingerprint density at radius 3 is 2.51 bits per heavy atom. The molecule has 196 valence electrons. The van der Waals surface area contributed by atoms with Crippen LogP contribution in [-0.4, -0.2) is 33.3 Å². The van der Waals surface area contributed by atoms with Gasteiger partial charge in [-0.2, -0.15) is 0 Å². The molecule has 3 aromatic carbocycles. The maximum Gasteiger partial charge on any atom is 0.251 e. The molecule has 9 heteroatoms. The molecule has 0 saturated heterocycles. The highest BCUT2D eigenvalue weighted by Crippen LogP contribution is 2.28. The minimum Gasteiger partial charge on any atom is -0.352 e. The third kappa shape index (κ3) is 5.83. The lowest BCUT2D eigenvalue weighted by molar-refractivity contribution is -0.118. The first-order chi connectivity index (χ1) is 18.9. The van der Waals surface area contributed by atoms with E-state index in [4.69, 9.17) is 5.84 Å². The summed E-state index contributed by atoms with van der Waals surface area (Å²) in [5.74, 6) is 5.73. The van der Waals surface area contributed by atoms with Crippen LogP contribution in [0.15, 0.2) is 85.2 Å². The number of amides is 2. The van der Waals surface area contributed by atoms with E-state index in [1.54, 1.807) is 49.6 Å². The zero-order valence-corrected chi connectivity index (χ0v) is 21.3. The van der Waals surface area contributed by atoms with Crippen LogP contribution in [0.2, 0.25) is 0 Å². The van der Waals surface area contributed by atoms with Crippen LogP contribution in [0.1, 0.15) is 29.3 Å². The molecule has 2 aromatic heterocycles. The van der Waals surface area contributed by atoms with E-state index in [-0.39, 0.29) is 24.1 Å². The molecule has 0 aliphatic rings. The molecule has 2 heterocycles. The van der Waals surface area contributed by atoms with Gasteiger partial charge in [-0.15, -0.1) is 0 Å². The number of anilines is 1. The average molecular weight is 523 g/mol. The van der Waals surface area contributed by atoms with Crippen molar-refractivity contribution >= 4 is 28.3 Å². The number of carbonyl (C=O) groups is 2. The van der Waals surface area contributed by atoms with Crippen LogP contribution in [0.25, 0.3) is 33.5 Å². The lowest BCUT2D eigenvalue weighted by atomic mass is 10.1. The number of rotatable bonds is 8.